The maximum atomic E-state index is 12.8. The van der Waals surface area contributed by atoms with Gasteiger partial charge in [0, 0.05) is 36.3 Å². The second kappa shape index (κ2) is 6.93. The molecule has 3 rings (SSSR count). The number of H-pyrrole nitrogens is 1. The second-order valence-corrected chi connectivity index (χ2v) is 7.22. The molecule has 0 bridgehead atoms. The van der Waals surface area contributed by atoms with Gasteiger partial charge in [-0.05, 0) is 23.1 Å². The van der Waals surface area contributed by atoms with Crippen LogP contribution in [0.15, 0.2) is 55.4 Å². The van der Waals surface area contributed by atoms with Crippen molar-refractivity contribution in [2.45, 2.75) is 33.4 Å². The van der Waals surface area contributed by atoms with E-state index in [-0.39, 0.29) is 17.4 Å². The monoisotopic (exact) mass is 337 g/mol. The third-order valence-corrected chi connectivity index (χ3v) is 4.26. The molecule has 1 atom stereocenters. The number of benzene rings is 1. The van der Waals surface area contributed by atoms with E-state index >= 15 is 0 Å². The number of carbonyl (C=O) groups is 1. The van der Waals surface area contributed by atoms with Crippen molar-refractivity contribution in [2.75, 3.05) is 0 Å². The van der Waals surface area contributed by atoms with Crippen LogP contribution in [0.1, 0.15) is 31.1 Å². The zero-order valence-corrected chi connectivity index (χ0v) is 14.7. The number of hydrogen-bond acceptors (Lipinski definition) is 3. The van der Waals surface area contributed by atoms with Gasteiger partial charge in [0.1, 0.15) is 0 Å². The van der Waals surface area contributed by atoms with Crippen molar-refractivity contribution in [1.29, 1.82) is 0 Å². The van der Waals surface area contributed by atoms with Gasteiger partial charge in [0.15, 0.2) is 0 Å². The van der Waals surface area contributed by atoms with Crippen LogP contribution in [-0.2, 0) is 6.54 Å². The van der Waals surface area contributed by atoms with Gasteiger partial charge in [-0.25, -0.2) is 4.98 Å². The Hall–Kier alpha value is -2.89. The fourth-order valence-electron chi connectivity index (χ4n) is 2.63. The molecule has 1 amide bonds. The number of carbonyl (C=O) groups excluding carboxylic acids is 1. The molecular weight excluding hydrogens is 314 g/mol. The van der Waals surface area contributed by atoms with Crippen molar-refractivity contribution < 1.29 is 4.79 Å². The molecule has 6 nitrogen and oxygen atoms in total. The Morgan fingerprint density at radius 2 is 2.16 bits per heavy atom. The lowest BCUT2D eigenvalue weighted by atomic mass is 9.86. The lowest BCUT2D eigenvalue weighted by Crippen LogP contribution is -2.46. The highest BCUT2D eigenvalue weighted by atomic mass is 16.1. The molecule has 0 aliphatic heterocycles. The number of nitrogens with one attached hydrogen (secondary N) is 2. The van der Waals surface area contributed by atoms with Gasteiger partial charge >= 0.3 is 0 Å². The zero-order valence-electron chi connectivity index (χ0n) is 14.7. The van der Waals surface area contributed by atoms with Crippen molar-refractivity contribution in [3.63, 3.8) is 0 Å². The van der Waals surface area contributed by atoms with Gasteiger partial charge in [-0.1, -0.05) is 32.9 Å². The lowest BCUT2D eigenvalue weighted by molar-refractivity contribution is 0.0892. The molecule has 1 aromatic carbocycles. The average Bonchev–Trinajstić information content (AvgIpc) is 3.27. The fourth-order valence-corrected chi connectivity index (χ4v) is 2.63. The quantitative estimate of drug-likeness (QED) is 0.751. The van der Waals surface area contributed by atoms with E-state index in [9.17, 15) is 4.79 Å². The third-order valence-electron chi connectivity index (χ3n) is 4.26. The van der Waals surface area contributed by atoms with Crippen molar-refractivity contribution >= 4 is 5.91 Å². The molecule has 0 fully saturated rings. The van der Waals surface area contributed by atoms with Gasteiger partial charge in [0.25, 0.3) is 5.91 Å². The SMILES string of the molecule is CC(C)(C)[C@@H](Cn1ccnc1)NC(=O)c1cccc(-c2cn[nH]c2)c1. The Morgan fingerprint density at radius 1 is 1.32 bits per heavy atom. The van der Waals surface area contributed by atoms with Gasteiger partial charge in [0.05, 0.1) is 18.6 Å². The second-order valence-electron chi connectivity index (χ2n) is 7.22. The van der Waals surface area contributed by atoms with Crippen LogP contribution in [0.25, 0.3) is 11.1 Å². The summed E-state index contributed by atoms with van der Waals surface area (Å²) in [4.78, 5) is 16.9. The number of amides is 1. The lowest BCUT2D eigenvalue weighted by Gasteiger charge is -2.31. The van der Waals surface area contributed by atoms with Gasteiger partial charge < -0.3 is 9.88 Å². The van der Waals surface area contributed by atoms with E-state index in [0.29, 0.717) is 12.1 Å². The highest BCUT2D eigenvalue weighted by molar-refractivity contribution is 5.95. The largest absolute Gasteiger partial charge is 0.347 e. The van der Waals surface area contributed by atoms with Gasteiger partial charge in [-0.2, -0.15) is 5.10 Å². The van der Waals surface area contributed by atoms with E-state index in [1.807, 2.05) is 41.2 Å². The molecule has 25 heavy (non-hydrogen) atoms. The van der Waals surface area contributed by atoms with Gasteiger partial charge in [-0.3, -0.25) is 9.89 Å². The van der Waals surface area contributed by atoms with Crippen molar-refractivity contribution in [1.82, 2.24) is 25.1 Å². The number of aromatic amines is 1. The first kappa shape index (κ1) is 17.0. The molecule has 0 unspecified atom stereocenters. The van der Waals surface area contributed by atoms with Crippen LogP contribution in [0.2, 0.25) is 0 Å². The maximum Gasteiger partial charge on any atom is 0.251 e. The number of nitrogens with zero attached hydrogens (tertiary/aromatic N) is 3. The van der Waals surface area contributed by atoms with Crippen molar-refractivity contribution in [3.8, 4) is 11.1 Å². The van der Waals surface area contributed by atoms with Crippen LogP contribution >= 0.6 is 0 Å². The predicted molar refractivity (Wildman–Crippen MR) is 97.0 cm³/mol. The first-order chi connectivity index (χ1) is 11.9. The van der Waals surface area contributed by atoms with Crippen LogP contribution in [0, 0.1) is 5.41 Å². The van der Waals surface area contributed by atoms with Gasteiger partial charge in [-0.15, -0.1) is 0 Å². The van der Waals surface area contributed by atoms with E-state index < -0.39 is 0 Å². The summed E-state index contributed by atoms with van der Waals surface area (Å²) >= 11 is 0. The molecular formula is C19H23N5O. The Bertz CT molecular complexity index is 816. The van der Waals surface area contributed by atoms with Crippen LogP contribution in [0.4, 0.5) is 0 Å². The minimum absolute atomic E-state index is 0.0215. The zero-order chi connectivity index (χ0) is 17.9. The third kappa shape index (κ3) is 4.15. The first-order valence-electron chi connectivity index (χ1n) is 8.29. The van der Waals surface area contributed by atoms with E-state index in [1.54, 1.807) is 18.7 Å². The Labute approximate surface area is 147 Å². The van der Waals surface area contributed by atoms with E-state index in [1.165, 1.54) is 0 Å². The molecule has 0 saturated carbocycles. The van der Waals surface area contributed by atoms with Crippen molar-refractivity contribution in [2.24, 2.45) is 5.41 Å². The summed E-state index contributed by atoms with van der Waals surface area (Å²) in [6.45, 7) is 7.04. The summed E-state index contributed by atoms with van der Waals surface area (Å²) in [6, 6.07) is 7.55. The molecule has 2 heterocycles. The number of hydrogen-bond donors (Lipinski definition) is 2. The van der Waals surface area contributed by atoms with E-state index in [0.717, 1.165) is 11.1 Å². The number of aromatic nitrogens is 4. The highest BCUT2D eigenvalue weighted by Gasteiger charge is 2.27. The highest BCUT2D eigenvalue weighted by Crippen LogP contribution is 2.22. The Balaban J connectivity index is 1.78. The summed E-state index contributed by atoms with van der Waals surface area (Å²) in [5, 5.41) is 9.93. The van der Waals surface area contributed by atoms with Gasteiger partial charge in [0.2, 0.25) is 0 Å². The minimum Gasteiger partial charge on any atom is -0.347 e. The minimum atomic E-state index is -0.0813. The topological polar surface area (TPSA) is 75.6 Å². The molecule has 3 aromatic rings. The first-order valence-corrected chi connectivity index (χ1v) is 8.29. The Kier molecular flexibility index (Phi) is 4.70. The maximum absolute atomic E-state index is 12.8. The molecule has 130 valence electrons. The van der Waals surface area contributed by atoms with E-state index in [4.69, 9.17) is 0 Å². The van der Waals surface area contributed by atoms with Crippen LogP contribution in [0.3, 0.4) is 0 Å². The molecule has 2 N–H and O–H groups in total. The average molecular weight is 337 g/mol. The molecule has 2 aromatic heterocycles. The predicted octanol–water partition coefficient (Wildman–Crippen LogP) is 3.12. The fraction of sp³-hybridized carbons (Fsp3) is 0.316. The summed E-state index contributed by atoms with van der Waals surface area (Å²) in [7, 11) is 0. The molecule has 0 radical (unpaired) electrons. The standard InChI is InChI=1S/C19H23N5O/c1-19(2,3)17(12-24-8-7-20-13-24)23-18(25)15-6-4-5-14(9-15)16-10-21-22-11-16/h4-11,13,17H,12H2,1-3H3,(H,21,22)(H,23,25)/t17-/m1/s1. The van der Waals surface area contributed by atoms with Crippen LogP contribution < -0.4 is 5.32 Å². The molecule has 0 aliphatic carbocycles. The Morgan fingerprint density at radius 3 is 2.80 bits per heavy atom. The van der Waals surface area contributed by atoms with E-state index in [2.05, 4.69) is 41.3 Å². The summed E-state index contributed by atoms with van der Waals surface area (Å²) in [5.41, 5.74) is 2.48. The normalized spacial score (nSPS) is 12.8. The summed E-state index contributed by atoms with van der Waals surface area (Å²) in [5.74, 6) is -0.0783. The van der Waals surface area contributed by atoms with Crippen molar-refractivity contribution in [3.05, 3.63) is 60.9 Å². The summed E-state index contributed by atoms with van der Waals surface area (Å²) in [6.07, 6.45) is 8.98. The van der Waals surface area contributed by atoms with Crippen LogP contribution in [0.5, 0.6) is 0 Å². The summed E-state index contributed by atoms with van der Waals surface area (Å²) < 4.78 is 1.98. The molecule has 0 spiro atoms. The van der Waals surface area contributed by atoms with Crippen LogP contribution in [-0.4, -0.2) is 31.7 Å². The number of imidazole rings is 1. The molecule has 0 saturated heterocycles. The number of rotatable bonds is 5. The molecule has 6 heteroatoms. The molecule has 0 aliphatic rings. The smallest absolute Gasteiger partial charge is 0.251 e.